The summed E-state index contributed by atoms with van der Waals surface area (Å²) in [7, 11) is 1.47. The number of imide groups is 1. The first-order chi connectivity index (χ1) is 14.4. The Hall–Kier alpha value is -3.74. The summed E-state index contributed by atoms with van der Waals surface area (Å²) in [6.07, 6.45) is -0.810. The lowest BCUT2D eigenvalue weighted by atomic mass is 9.93. The van der Waals surface area contributed by atoms with E-state index in [1.807, 2.05) is 32.0 Å². The quantitative estimate of drug-likeness (QED) is 0.637. The second-order valence-electron chi connectivity index (χ2n) is 7.17. The van der Waals surface area contributed by atoms with E-state index < -0.39 is 12.0 Å². The van der Waals surface area contributed by atoms with Crippen LogP contribution in [0.4, 0.5) is 9.18 Å². The summed E-state index contributed by atoms with van der Waals surface area (Å²) >= 11 is 0. The van der Waals surface area contributed by atoms with E-state index in [-0.39, 0.29) is 23.4 Å². The average molecular weight is 406 g/mol. The fraction of sp³-hybridized carbons (Fsp3) is 0.174. The van der Waals surface area contributed by atoms with Crippen LogP contribution in [0, 0.1) is 11.7 Å². The number of carbonyl (C=O) groups excluding carboxylic acids is 2. The van der Waals surface area contributed by atoms with Gasteiger partial charge in [-0.15, -0.1) is 0 Å². The van der Waals surface area contributed by atoms with Crippen molar-refractivity contribution >= 4 is 28.3 Å². The third-order valence-electron chi connectivity index (χ3n) is 4.91. The number of alkyl carbamates (subject to hydrolysis) is 1. The Bertz CT molecular complexity index is 1220. The summed E-state index contributed by atoms with van der Waals surface area (Å²) in [4.78, 5) is 28.2. The molecule has 2 amide bonds. The third-order valence-corrected chi connectivity index (χ3v) is 4.91. The molecule has 1 saturated heterocycles. The highest BCUT2D eigenvalue weighted by molar-refractivity contribution is 6.12. The molecule has 0 bridgehead atoms. The molecule has 2 aromatic carbocycles. The van der Waals surface area contributed by atoms with Gasteiger partial charge >= 0.3 is 6.09 Å². The molecule has 0 spiro atoms. The molecule has 0 saturated carbocycles. The molecule has 30 heavy (non-hydrogen) atoms. The molecular weight excluding hydrogens is 387 g/mol. The number of carbonyl (C=O) groups is 2. The molecule has 0 unspecified atom stereocenters. The van der Waals surface area contributed by atoms with Crippen molar-refractivity contribution in [3.05, 3.63) is 65.7 Å². The highest BCUT2D eigenvalue weighted by atomic mass is 19.1. The van der Waals surface area contributed by atoms with Gasteiger partial charge in [0.1, 0.15) is 5.82 Å². The van der Waals surface area contributed by atoms with Gasteiger partial charge in [0, 0.05) is 22.1 Å². The van der Waals surface area contributed by atoms with Gasteiger partial charge in [-0.25, -0.2) is 14.2 Å². The number of nitrogens with one attached hydrogen (secondary N) is 1. The number of cyclic esters (lactones) is 1. The molecule has 0 aliphatic carbocycles. The lowest BCUT2D eigenvalue weighted by Gasteiger charge is -2.16. The predicted molar refractivity (Wildman–Crippen MR) is 110 cm³/mol. The maximum absolute atomic E-state index is 14.2. The van der Waals surface area contributed by atoms with Crippen molar-refractivity contribution in [2.45, 2.75) is 13.8 Å². The van der Waals surface area contributed by atoms with Crippen LogP contribution in [0.15, 0.2) is 54.3 Å². The molecule has 0 radical (unpaired) electrons. The van der Waals surface area contributed by atoms with Crippen LogP contribution in [0.3, 0.4) is 0 Å². The fourth-order valence-corrected chi connectivity index (χ4v) is 3.54. The number of halogens is 1. The van der Waals surface area contributed by atoms with Crippen LogP contribution in [-0.2, 0) is 9.53 Å². The number of rotatable bonds is 4. The van der Waals surface area contributed by atoms with Crippen LogP contribution in [0.25, 0.3) is 27.6 Å². The van der Waals surface area contributed by atoms with E-state index in [9.17, 15) is 14.0 Å². The Morgan fingerprint density at radius 3 is 2.60 bits per heavy atom. The van der Waals surface area contributed by atoms with Crippen LogP contribution < -0.4 is 10.1 Å². The Morgan fingerprint density at radius 2 is 1.93 bits per heavy atom. The number of hydrogen-bond acceptors (Lipinski definition) is 5. The van der Waals surface area contributed by atoms with Crippen molar-refractivity contribution in [2.75, 3.05) is 7.11 Å². The van der Waals surface area contributed by atoms with Crippen molar-refractivity contribution in [1.82, 2.24) is 10.3 Å². The van der Waals surface area contributed by atoms with Crippen molar-refractivity contribution < 1.29 is 23.5 Å². The SMILES string of the molecule is COc1nc(-c2ccc3cccc(F)c3c2)ccc1/C(=C1/OC(=O)NC1=O)C(C)C. The van der Waals surface area contributed by atoms with Gasteiger partial charge in [-0.2, -0.15) is 0 Å². The molecule has 0 atom stereocenters. The maximum atomic E-state index is 14.2. The average Bonchev–Trinajstić information content (AvgIpc) is 3.05. The van der Waals surface area contributed by atoms with E-state index in [2.05, 4.69) is 10.3 Å². The van der Waals surface area contributed by atoms with Crippen LogP contribution in [0.1, 0.15) is 19.4 Å². The number of nitrogens with zero attached hydrogens (tertiary/aromatic N) is 1. The van der Waals surface area contributed by atoms with Gasteiger partial charge < -0.3 is 9.47 Å². The van der Waals surface area contributed by atoms with Crippen LogP contribution in [0.5, 0.6) is 5.88 Å². The lowest BCUT2D eigenvalue weighted by molar-refractivity contribution is -0.116. The fourth-order valence-electron chi connectivity index (χ4n) is 3.54. The van der Waals surface area contributed by atoms with Crippen LogP contribution in [0.2, 0.25) is 0 Å². The maximum Gasteiger partial charge on any atom is 0.419 e. The monoisotopic (exact) mass is 406 g/mol. The normalized spacial score (nSPS) is 15.4. The number of amides is 2. The van der Waals surface area contributed by atoms with Gasteiger partial charge in [0.05, 0.1) is 12.8 Å². The first-order valence-electron chi connectivity index (χ1n) is 9.40. The molecule has 4 rings (SSSR count). The topological polar surface area (TPSA) is 77.5 Å². The zero-order valence-electron chi connectivity index (χ0n) is 16.7. The number of fused-ring (bicyclic) bond motifs is 1. The number of allylic oxidation sites excluding steroid dienone is 1. The summed E-state index contributed by atoms with van der Waals surface area (Å²) in [6.45, 7) is 3.75. The molecule has 1 aliphatic rings. The predicted octanol–water partition coefficient (Wildman–Crippen LogP) is 4.68. The molecule has 1 N–H and O–H groups in total. The van der Waals surface area contributed by atoms with Gasteiger partial charge in [-0.05, 0) is 35.6 Å². The van der Waals surface area contributed by atoms with Gasteiger partial charge in [0.15, 0.2) is 0 Å². The third kappa shape index (κ3) is 3.39. The Labute approximate surface area is 172 Å². The molecule has 1 aromatic heterocycles. The first-order valence-corrected chi connectivity index (χ1v) is 9.40. The van der Waals surface area contributed by atoms with E-state index in [0.29, 0.717) is 22.2 Å². The first kappa shape index (κ1) is 19.6. The van der Waals surface area contributed by atoms with E-state index >= 15 is 0 Å². The molecule has 1 aliphatic heterocycles. The molecule has 6 nitrogen and oxygen atoms in total. The number of ether oxygens (including phenoxy) is 2. The minimum absolute atomic E-state index is 0.0596. The largest absolute Gasteiger partial charge is 0.481 e. The summed E-state index contributed by atoms with van der Waals surface area (Å²) in [6, 6.07) is 13.9. The summed E-state index contributed by atoms with van der Waals surface area (Å²) < 4.78 is 24.8. The smallest absolute Gasteiger partial charge is 0.419 e. The summed E-state index contributed by atoms with van der Waals surface area (Å²) in [5.74, 6) is -0.838. The molecule has 2 heterocycles. The minimum atomic E-state index is -0.810. The van der Waals surface area contributed by atoms with Crippen LogP contribution in [-0.4, -0.2) is 24.1 Å². The summed E-state index contributed by atoms with van der Waals surface area (Å²) in [5, 5.41) is 3.41. The van der Waals surface area contributed by atoms with Crippen molar-refractivity contribution in [1.29, 1.82) is 0 Å². The standard InChI is InChI=1S/C23H19FN2O4/c1-12(2)19(20-21(27)26-23(28)30-20)15-9-10-18(25-22(15)29-3)14-8-7-13-5-4-6-17(24)16(13)11-14/h4-12H,1-3H3,(H,26,27,28)/b20-19+. The molecular formula is C23H19FN2O4. The van der Waals surface area contributed by atoms with E-state index in [0.717, 1.165) is 10.9 Å². The lowest BCUT2D eigenvalue weighted by Crippen LogP contribution is -2.19. The van der Waals surface area contributed by atoms with E-state index in [1.54, 1.807) is 24.3 Å². The van der Waals surface area contributed by atoms with Gasteiger partial charge in [-0.3, -0.25) is 10.1 Å². The zero-order valence-corrected chi connectivity index (χ0v) is 16.7. The van der Waals surface area contributed by atoms with Gasteiger partial charge in [0.2, 0.25) is 11.6 Å². The number of aromatic nitrogens is 1. The zero-order chi connectivity index (χ0) is 21.4. The second-order valence-corrected chi connectivity index (χ2v) is 7.17. The summed E-state index contributed by atoms with van der Waals surface area (Å²) in [5.41, 5.74) is 2.37. The highest BCUT2D eigenvalue weighted by Gasteiger charge is 2.32. The highest BCUT2D eigenvalue weighted by Crippen LogP contribution is 2.36. The second kappa shape index (κ2) is 7.59. The Morgan fingerprint density at radius 1 is 1.13 bits per heavy atom. The Kier molecular flexibility index (Phi) is 4.95. The minimum Gasteiger partial charge on any atom is -0.481 e. The van der Waals surface area contributed by atoms with Crippen molar-refractivity contribution in [2.24, 2.45) is 5.92 Å². The van der Waals surface area contributed by atoms with Crippen LogP contribution >= 0.6 is 0 Å². The van der Waals surface area contributed by atoms with E-state index in [4.69, 9.17) is 9.47 Å². The number of hydrogen-bond donors (Lipinski definition) is 1. The van der Waals surface area contributed by atoms with Crippen molar-refractivity contribution in [3.8, 4) is 17.1 Å². The molecule has 3 aromatic rings. The molecule has 1 fully saturated rings. The van der Waals surface area contributed by atoms with Gasteiger partial charge in [-0.1, -0.05) is 38.1 Å². The number of benzene rings is 2. The van der Waals surface area contributed by atoms with Gasteiger partial charge in [0.25, 0.3) is 5.91 Å². The van der Waals surface area contributed by atoms with Crippen molar-refractivity contribution in [3.63, 3.8) is 0 Å². The molecule has 7 heteroatoms. The Balaban J connectivity index is 1.84. The number of pyridine rings is 1. The number of methoxy groups -OCH3 is 1. The van der Waals surface area contributed by atoms with E-state index in [1.165, 1.54) is 13.2 Å². The molecule has 152 valence electrons.